The third-order valence-electron chi connectivity index (χ3n) is 1.79. The molecule has 3 nitrogen and oxygen atoms in total. The molecule has 1 rings (SSSR count). The molecule has 86 valence electrons. The Morgan fingerprint density at radius 1 is 1.56 bits per heavy atom. The third-order valence-corrected chi connectivity index (χ3v) is 2.46. The van der Waals surface area contributed by atoms with Crippen LogP contribution in [0.3, 0.4) is 0 Å². The lowest BCUT2D eigenvalue weighted by molar-refractivity contribution is -0.137. The molecule has 0 aliphatic heterocycles. The number of ether oxygens (including phenoxy) is 1. The zero-order chi connectivity index (χ0) is 11.8. The standard InChI is InChI=1S/C12H14INO2/c1-2-16-12(15)7-4-8-14-11-6-3-5-10(13)9-11/h3-7,9,14H,2,8H2,1H3/b7-4+. The van der Waals surface area contributed by atoms with Gasteiger partial charge in [-0.25, -0.2) is 4.79 Å². The molecule has 16 heavy (non-hydrogen) atoms. The van der Waals surface area contributed by atoms with Crippen molar-refractivity contribution in [3.05, 3.63) is 40.0 Å². The monoisotopic (exact) mass is 331 g/mol. The lowest BCUT2D eigenvalue weighted by Gasteiger charge is -2.03. The molecule has 0 heterocycles. The molecule has 0 spiro atoms. The van der Waals surface area contributed by atoms with Gasteiger partial charge in [0.05, 0.1) is 6.61 Å². The van der Waals surface area contributed by atoms with Gasteiger partial charge in [0.15, 0.2) is 0 Å². The summed E-state index contributed by atoms with van der Waals surface area (Å²) in [5.74, 6) is -0.299. The van der Waals surface area contributed by atoms with Gasteiger partial charge in [-0.1, -0.05) is 12.1 Å². The molecule has 0 amide bonds. The normalized spacial score (nSPS) is 10.4. The van der Waals surface area contributed by atoms with Gasteiger partial charge >= 0.3 is 5.97 Å². The van der Waals surface area contributed by atoms with Crippen LogP contribution in [-0.4, -0.2) is 19.1 Å². The smallest absolute Gasteiger partial charge is 0.330 e. The Labute approximate surface area is 109 Å². The van der Waals surface area contributed by atoms with Gasteiger partial charge in [0.25, 0.3) is 0 Å². The van der Waals surface area contributed by atoms with Crippen molar-refractivity contribution < 1.29 is 9.53 Å². The summed E-state index contributed by atoms with van der Waals surface area (Å²) in [6, 6.07) is 8.04. The second-order valence-corrected chi connectivity index (χ2v) is 4.29. The number of nitrogens with one attached hydrogen (secondary N) is 1. The van der Waals surface area contributed by atoms with E-state index in [-0.39, 0.29) is 5.97 Å². The first-order chi connectivity index (χ1) is 7.72. The highest BCUT2D eigenvalue weighted by atomic mass is 127. The summed E-state index contributed by atoms with van der Waals surface area (Å²) in [5.41, 5.74) is 1.04. The zero-order valence-electron chi connectivity index (χ0n) is 9.07. The van der Waals surface area contributed by atoms with Crippen LogP contribution < -0.4 is 5.32 Å². The van der Waals surface area contributed by atoms with Crippen molar-refractivity contribution in [2.24, 2.45) is 0 Å². The van der Waals surface area contributed by atoms with Gasteiger partial charge in [-0.2, -0.15) is 0 Å². The molecule has 0 unspecified atom stereocenters. The topological polar surface area (TPSA) is 38.3 Å². The minimum Gasteiger partial charge on any atom is -0.463 e. The van der Waals surface area contributed by atoms with E-state index in [1.54, 1.807) is 13.0 Å². The van der Waals surface area contributed by atoms with Gasteiger partial charge in [-0.3, -0.25) is 0 Å². The van der Waals surface area contributed by atoms with E-state index in [1.165, 1.54) is 9.65 Å². The largest absolute Gasteiger partial charge is 0.463 e. The number of benzene rings is 1. The number of esters is 1. The molecule has 0 saturated heterocycles. The predicted molar refractivity (Wildman–Crippen MR) is 73.4 cm³/mol. The Kier molecular flexibility index (Phi) is 5.92. The fraction of sp³-hybridized carbons (Fsp3) is 0.250. The number of carbonyl (C=O) groups is 1. The number of hydrogen-bond acceptors (Lipinski definition) is 3. The highest BCUT2D eigenvalue weighted by Crippen LogP contribution is 2.11. The fourth-order valence-electron chi connectivity index (χ4n) is 1.12. The maximum absolute atomic E-state index is 11.0. The zero-order valence-corrected chi connectivity index (χ0v) is 11.2. The molecule has 0 aliphatic carbocycles. The van der Waals surface area contributed by atoms with Crippen molar-refractivity contribution in [3.63, 3.8) is 0 Å². The number of hydrogen-bond donors (Lipinski definition) is 1. The van der Waals surface area contributed by atoms with Gasteiger partial charge in [0.2, 0.25) is 0 Å². The van der Waals surface area contributed by atoms with Crippen LogP contribution in [0.25, 0.3) is 0 Å². The Balaban J connectivity index is 2.33. The molecule has 0 aromatic heterocycles. The quantitative estimate of drug-likeness (QED) is 0.512. The summed E-state index contributed by atoms with van der Waals surface area (Å²) < 4.78 is 5.94. The van der Waals surface area contributed by atoms with E-state index in [9.17, 15) is 4.79 Å². The van der Waals surface area contributed by atoms with E-state index < -0.39 is 0 Å². The molecule has 1 aromatic rings. The van der Waals surface area contributed by atoms with Crippen molar-refractivity contribution in [1.29, 1.82) is 0 Å². The lowest BCUT2D eigenvalue weighted by Crippen LogP contribution is -2.02. The van der Waals surface area contributed by atoms with Crippen molar-refractivity contribution >= 4 is 34.2 Å². The second-order valence-electron chi connectivity index (χ2n) is 3.05. The average molecular weight is 331 g/mol. The molecule has 0 fully saturated rings. The first-order valence-corrected chi connectivity index (χ1v) is 6.13. The molecule has 0 bridgehead atoms. The van der Waals surface area contributed by atoms with E-state index in [0.29, 0.717) is 13.2 Å². The number of anilines is 1. The number of rotatable bonds is 5. The summed E-state index contributed by atoms with van der Waals surface area (Å²) in [6.07, 6.45) is 3.18. The van der Waals surface area contributed by atoms with Crippen LogP contribution in [0.4, 0.5) is 5.69 Å². The maximum atomic E-state index is 11.0. The van der Waals surface area contributed by atoms with Crippen LogP contribution in [0, 0.1) is 3.57 Å². The summed E-state index contributed by atoms with van der Waals surface area (Å²) in [5, 5.41) is 3.18. The van der Waals surface area contributed by atoms with Crippen LogP contribution >= 0.6 is 22.6 Å². The predicted octanol–water partition coefficient (Wildman–Crippen LogP) is 2.82. The third kappa shape index (κ3) is 5.16. The fourth-order valence-corrected chi connectivity index (χ4v) is 1.66. The summed E-state index contributed by atoms with van der Waals surface area (Å²) in [6.45, 7) is 2.81. The van der Waals surface area contributed by atoms with E-state index in [0.717, 1.165) is 5.69 Å². The summed E-state index contributed by atoms with van der Waals surface area (Å²) in [4.78, 5) is 11.0. The molecule has 0 atom stereocenters. The first kappa shape index (κ1) is 13.0. The summed E-state index contributed by atoms with van der Waals surface area (Å²) >= 11 is 2.26. The molecule has 1 aromatic carbocycles. The van der Waals surface area contributed by atoms with Crippen LogP contribution in [0.5, 0.6) is 0 Å². The van der Waals surface area contributed by atoms with E-state index in [2.05, 4.69) is 27.9 Å². The number of halogens is 1. The SMILES string of the molecule is CCOC(=O)/C=C/CNc1cccc(I)c1. The first-order valence-electron chi connectivity index (χ1n) is 5.05. The van der Waals surface area contributed by atoms with Crippen molar-refractivity contribution in [2.45, 2.75) is 6.92 Å². The molecule has 0 aliphatic rings. The Hall–Kier alpha value is -1.04. The molecule has 1 N–H and O–H groups in total. The van der Waals surface area contributed by atoms with E-state index in [1.807, 2.05) is 24.3 Å². The van der Waals surface area contributed by atoms with E-state index in [4.69, 9.17) is 4.74 Å². The van der Waals surface area contributed by atoms with Gasteiger partial charge in [0, 0.05) is 21.9 Å². The van der Waals surface area contributed by atoms with Crippen molar-refractivity contribution in [3.8, 4) is 0 Å². The van der Waals surface area contributed by atoms with Crippen molar-refractivity contribution in [2.75, 3.05) is 18.5 Å². The molecule has 0 saturated carbocycles. The Bertz CT molecular complexity index is 377. The lowest BCUT2D eigenvalue weighted by atomic mass is 10.3. The number of carbonyl (C=O) groups excluding carboxylic acids is 1. The highest BCUT2D eigenvalue weighted by molar-refractivity contribution is 14.1. The van der Waals surface area contributed by atoms with Crippen LogP contribution in [0.15, 0.2) is 36.4 Å². The minimum atomic E-state index is -0.299. The maximum Gasteiger partial charge on any atom is 0.330 e. The van der Waals surface area contributed by atoms with Gasteiger partial charge in [0.1, 0.15) is 0 Å². The molecular weight excluding hydrogens is 317 g/mol. The Morgan fingerprint density at radius 3 is 3.06 bits per heavy atom. The van der Waals surface area contributed by atoms with Gasteiger partial charge in [-0.05, 0) is 47.7 Å². The molecule has 4 heteroatoms. The van der Waals surface area contributed by atoms with Crippen LogP contribution in [0.2, 0.25) is 0 Å². The molecule has 0 radical (unpaired) electrons. The second kappa shape index (κ2) is 7.27. The minimum absolute atomic E-state index is 0.299. The van der Waals surface area contributed by atoms with Crippen LogP contribution in [0.1, 0.15) is 6.92 Å². The van der Waals surface area contributed by atoms with Gasteiger partial charge in [-0.15, -0.1) is 0 Å². The summed E-state index contributed by atoms with van der Waals surface area (Å²) in [7, 11) is 0. The Morgan fingerprint density at radius 2 is 2.38 bits per heavy atom. The van der Waals surface area contributed by atoms with Crippen LogP contribution in [-0.2, 0) is 9.53 Å². The van der Waals surface area contributed by atoms with Crippen molar-refractivity contribution in [1.82, 2.24) is 0 Å². The van der Waals surface area contributed by atoms with Gasteiger partial charge < -0.3 is 10.1 Å². The average Bonchev–Trinajstić information content (AvgIpc) is 2.25. The van der Waals surface area contributed by atoms with E-state index >= 15 is 0 Å². The molecular formula is C12H14INO2. The highest BCUT2D eigenvalue weighted by Gasteiger charge is 1.93.